The molecule has 2 aromatic carbocycles. The van der Waals surface area contributed by atoms with Crippen molar-refractivity contribution in [3.8, 4) is 0 Å². The summed E-state index contributed by atoms with van der Waals surface area (Å²) in [5.74, 6) is -0.354. The molecule has 2 heterocycles. The molecule has 0 bridgehead atoms. The minimum Gasteiger partial charge on any atom is -0.348 e. The summed E-state index contributed by atoms with van der Waals surface area (Å²) in [4.78, 5) is 15.1. The van der Waals surface area contributed by atoms with E-state index in [0.717, 1.165) is 17.8 Å². The summed E-state index contributed by atoms with van der Waals surface area (Å²) in [5, 5.41) is 0. The number of aryl methyl sites for hydroxylation is 1. The molecule has 0 radical (unpaired) electrons. The number of aromatic nitrogens is 1. The molecule has 25 heavy (non-hydrogen) atoms. The molecule has 1 amide bonds. The standard InChI is InChI=1S/C21H19FN2O/c1-15-14-17(9-10-18(15)22)21(25)24-13-12-23-11-5-8-19(23)20(24)16-6-3-2-4-7-16/h2-11,14,20H,12-13H2,1H3. The molecule has 0 saturated carbocycles. The van der Waals surface area contributed by atoms with Crippen LogP contribution in [-0.2, 0) is 6.54 Å². The van der Waals surface area contributed by atoms with Crippen molar-refractivity contribution in [1.29, 1.82) is 0 Å². The highest BCUT2D eigenvalue weighted by atomic mass is 19.1. The minimum absolute atomic E-state index is 0.0654. The van der Waals surface area contributed by atoms with E-state index in [0.29, 0.717) is 17.7 Å². The van der Waals surface area contributed by atoms with Gasteiger partial charge in [0.15, 0.2) is 0 Å². The van der Waals surface area contributed by atoms with E-state index in [1.807, 2.05) is 41.3 Å². The molecule has 1 aromatic heterocycles. The number of nitrogens with zero attached hydrogens (tertiary/aromatic N) is 2. The summed E-state index contributed by atoms with van der Waals surface area (Å²) in [7, 11) is 0. The van der Waals surface area contributed by atoms with Gasteiger partial charge in [0, 0.05) is 30.5 Å². The Balaban J connectivity index is 1.77. The first-order valence-electron chi connectivity index (χ1n) is 8.42. The van der Waals surface area contributed by atoms with Crippen LogP contribution in [0.5, 0.6) is 0 Å². The SMILES string of the molecule is Cc1cc(C(=O)N2CCn3cccc3C2c2ccccc2)ccc1F. The minimum atomic E-state index is -0.288. The highest BCUT2D eigenvalue weighted by Crippen LogP contribution is 2.33. The first-order chi connectivity index (χ1) is 12.1. The van der Waals surface area contributed by atoms with E-state index in [4.69, 9.17) is 0 Å². The quantitative estimate of drug-likeness (QED) is 0.690. The largest absolute Gasteiger partial charge is 0.348 e. The molecule has 3 aromatic rings. The molecule has 4 heteroatoms. The van der Waals surface area contributed by atoms with Gasteiger partial charge in [-0.25, -0.2) is 4.39 Å². The second-order valence-electron chi connectivity index (χ2n) is 6.40. The van der Waals surface area contributed by atoms with Crippen LogP contribution in [0.2, 0.25) is 0 Å². The fourth-order valence-corrected chi connectivity index (χ4v) is 3.53. The highest BCUT2D eigenvalue weighted by molar-refractivity contribution is 5.95. The number of fused-ring (bicyclic) bond motifs is 1. The van der Waals surface area contributed by atoms with Crippen molar-refractivity contribution in [2.24, 2.45) is 0 Å². The van der Waals surface area contributed by atoms with Gasteiger partial charge in [0.1, 0.15) is 5.82 Å². The predicted molar refractivity (Wildman–Crippen MR) is 94.9 cm³/mol. The molecule has 4 rings (SSSR count). The number of hydrogen-bond acceptors (Lipinski definition) is 1. The third kappa shape index (κ3) is 2.74. The molecule has 126 valence electrons. The van der Waals surface area contributed by atoms with Crippen molar-refractivity contribution in [3.63, 3.8) is 0 Å². The van der Waals surface area contributed by atoms with Crippen LogP contribution in [0.1, 0.15) is 33.2 Å². The van der Waals surface area contributed by atoms with Gasteiger partial charge in [-0.05, 0) is 48.4 Å². The molecule has 1 aliphatic heterocycles. The van der Waals surface area contributed by atoms with Crippen molar-refractivity contribution in [2.75, 3.05) is 6.54 Å². The van der Waals surface area contributed by atoms with Crippen LogP contribution in [-0.4, -0.2) is 21.9 Å². The van der Waals surface area contributed by atoms with E-state index < -0.39 is 0 Å². The van der Waals surface area contributed by atoms with E-state index in [2.05, 4.69) is 16.8 Å². The van der Waals surface area contributed by atoms with E-state index in [1.54, 1.807) is 19.1 Å². The summed E-state index contributed by atoms with van der Waals surface area (Å²) < 4.78 is 15.8. The zero-order valence-corrected chi connectivity index (χ0v) is 14.0. The first kappa shape index (κ1) is 15.6. The molecular formula is C21H19FN2O. The lowest BCUT2D eigenvalue weighted by Crippen LogP contribution is -2.42. The van der Waals surface area contributed by atoms with Crippen molar-refractivity contribution in [2.45, 2.75) is 19.5 Å². The number of amides is 1. The van der Waals surface area contributed by atoms with Gasteiger partial charge >= 0.3 is 0 Å². The van der Waals surface area contributed by atoms with Gasteiger partial charge in [0.2, 0.25) is 0 Å². The van der Waals surface area contributed by atoms with Crippen LogP contribution in [0.4, 0.5) is 4.39 Å². The predicted octanol–water partition coefficient (Wildman–Crippen LogP) is 4.18. The van der Waals surface area contributed by atoms with Gasteiger partial charge in [0.25, 0.3) is 5.91 Å². The number of benzene rings is 2. The third-order valence-corrected chi connectivity index (χ3v) is 4.82. The number of carbonyl (C=O) groups excluding carboxylic acids is 1. The summed E-state index contributed by atoms with van der Waals surface area (Å²) >= 11 is 0. The van der Waals surface area contributed by atoms with Gasteiger partial charge < -0.3 is 9.47 Å². The Morgan fingerprint density at radius 2 is 1.84 bits per heavy atom. The number of carbonyl (C=O) groups is 1. The maximum atomic E-state index is 13.6. The lowest BCUT2D eigenvalue weighted by Gasteiger charge is -2.37. The zero-order chi connectivity index (χ0) is 17.4. The van der Waals surface area contributed by atoms with E-state index in [1.165, 1.54) is 6.07 Å². The van der Waals surface area contributed by atoms with Crippen molar-refractivity contribution in [1.82, 2.24) is 9.47 Å². The number of hydrogen-bond donors (Lipinski definition) is 0. The molecule has 0 fully saturated rings. The monoisotopic (exact) mass is 334 g/mol. The van der Waals surface area contributed by atoms with Crippen LogP contribution in [0.15, 0.2) is 66.9 Å². The van der Waals surface area contributed by atoms with Crippen LogP contribution in [0, 0.1) is 12.7 Å². The molecular weight excluding hydrogens is 315 g/mol. The molecule has 1 atom stereocenters. The average Bonchev–Trinajstić information content (AvgIpc) is 3.12. The summed E-state index contributed by atoms with van der Waals surface area (Å²) in [6, 6.07) is 18.6. The Morgan fingerprint density at radius 1 is 1.04 bits per heavy atom. The van der Waals surface area contributed by atoms with E-state index >= 15 is 0 Å². The van der Waals surface area contributed by atoms with Crippen LogP contribution in [0.25, 0.3) is 0 Å². The third-order valence-electron chi connectivity index (χ3n) is 4.82. The van der Waals surface area contributed by atoms with Crippen molar-refractivity contribution >= 4 is 5.91 Å². The smallest absolute Gasteiger partial charge is 0.254 e. The summed E-state index contributed by atoms with van der Waals surface area (Å²) in [6.07, 6.45) is 2.05. The molecule has 0 aliphatic carbocycles. The Labute approximate surface area is 146 Å². The Kier molecular flexibility index (Phi) is 3.88. The zero-order valence-electron chi connectivity index (χ0n) is 14.0. The molecule has 0 N–H and O–H groups in total. The van der Waals surface area contributed by atoms with Gasteiger partial charge in [-0.1, -0.05) is 30.3 Å². The topological polar surface area (TPSA) is 25.2 Å². The van der Waals surface area contributed by atoms with E-state index in [-0.39, 0.29) is 17.8 Å². The van der Waals surface area contributed by atoms with Crippen molar-refractivity contribution < 1.29 is 9.18 Å². The molecule has 1 aliphatic rings. The lowest BCUT2D eigenvalue weighted by atomic mass is 9.98. The molecule has 0 spiro atoms. The van der Waals surface area contributed by atoms with Gasteiger partial charge in [0.05, 0.1) is 6.04 Å². The number of halogens is 1. The maximum absolute atomic E-state index is 13.6. The molecule has 1 unspecified atom stereocenters. The van der Waals surface area contributed by atoms with E-state index in [9.17, 15) is 9.18 Å². The number of rotatable bonds is 2. The summed E-state index contributed by atoms with van der Waals surface area (Å²) in [5.41, 5.74) is 3.20. The van der Waals surface area contributed by atoms with Gasteiger partial charge in [-0.2, -0.15) is 0 Å². The Hall–Kier alpha value is -2.88. The van der Waals surface area contributed by atoms with Gasteiger partial charge in [-0.15, -0.1) is 0 Å². The highest BCUT2D eigenvalue weighted by Gasteiger charge is 2.32. The fourth-order valence-electron chi connectivity index (χ4n) is 3.53. The molecule has 3 nitrogen and oxygen atoms in total. The fraction of sp³-hybridized carbons (Fsp3) is 0.190. The van der Waals surface area contributed by atoms with Crippen LogP contribution < -0.4 is 0 Å². The average molecular weight is 334 g/mol. The van der Waals surface area contributed by atoms with Crippen molar-refractivity contribution in [3.05, 3.63) is 95.1 Å². The summed E-state index contributed by atoms with van der Waals surface area (Å²) in [6.45, 7) is 3.07. The Morgan fingerprint density at radius 3 is 2.60 bits per heavy atom. The molecule has 0 saturated heterocycles. The normalized spacial score (nSPS) is 16.6. The van der Waals surface area contributed by atoms with Crippen LogP contribution >= 0.6 is 0 Å². The first-order valence-corrected chi connectivity index (χ1v) is 8.42. The van der Waals surface area contributed by atoms with Crippen LogP contribution in [0.3, 0.4) is 0 Å². The van der Waals surface area contributed by atoms with Gasteiger partial charge in [-0.3, -0.25) is 4.79 Å². The second kappa shape index (κ2) is 6.20. The second-order valence-corrected chi connectivity index (χ2v) is 6.40. The lowest BCUT2D eigenvalue weighted by molar-refractivity contribution is 0.0664. The maximum Gasteiger partial charge on any atom is 0.254 e. The Bertz CT molecular complexity index is 917.